The molecule has 0 aromatic carbocycles. The van der Waals surface area contributed by atoms with Gasteiger partial charge in [0.2, 0.25) is 0 Å². The number of carboxylic acids is 1. The van der Waals surface area contributed by atoms with Crippen LogP contribution < -0.4 is 0 Å². The van der Waals surface area contributed by atoms with Gasteiger partial charge >= 0.3 is 5.97 Å². The number of nitrogens with one attached hydrogen (secondary N) is 1. The topological polar surface area (TPSA) is 53.1 Å². The number of H-pyrrole nitrogens is 1. The Hall–Kier alpha value is -1.91. The molecule has 2 N–H and O–H groups in total. The summed E-state index contributed by atoms with van der Waals surface area (Å²) < 4.78 is 26.3. The summed E-state index contributed by atoms with van der Waals surface area (Å²) in [5.74, 6) is -2.68. The molecule has 2 aliphatic carbocycles. The second-order valence-corrected chi connectivity index (χ2v) is 5.04. The van der Waals surface area contributed by atoms with Gasteiger partial charge in [0, 0.05) is 11.6 Å². The number of allylic oxidation sites excluding steroid dienone is 4. The van der Waals surface area contributed by atoms with Gasteiger partial charge in [-0.05, 0) is 49.0 Å². The normalized spacial score (nSPS) is 25.8. The molecule has 5 heteroatoms. The first-order valence-corrected chi connectivity index (χ1v) is 6.24. The predicted molar refractivity (Wildman–Crippen MR) is 65.3 cm³/mol. The maximum Gasteiger partial charge on any atom is 0.352 e. The van der Waals surface area contributed by atoms with E-state index < -0.39 is 17.6 Å². The summed E-state index contributed by atoms with van der Waals surface area (Å²) in [6.45, 7) is 0. The second kappa shape index (κ2) is 4.33. The van der Waals surface area contributed by atoms with Crippen molar-refractivity contribution in [1.29, 1.82) is 0 Å². The van der Waals surface area contributed by atoms with Gasteiger partial charge in [0.15, 0.2) is 11.7 Å². The number of hydrogen-bond donors (Lipinski definition) is 2. The number of carboxylic acid groups (broad SMARTS) is 1. The van der Waals surface area contributed by atoms with Crippen LogP contribution in [-0.2, 0) is 6.42 Å². The van der Waals surface area contributed by atoms with Gasteiger partial charge in [0.05, 0.1) is 0 Å². The minimum atomic E-state index is -0.996. The average Bonchev–Trinajstić information content (AvgIpc) is 2.92. The van der Waals surface area contributed by atoms with Crippen molar-refractivity contribution in [3.05, 3.63) is 46.8 Å². The lowest BCUT2D eigenvalue weighted by Crippen LogP contribution is -2.12. The highest BCUT2D eigenvalue weighted by Crippen LogP contribution is 2.42. The highest BCUT2D eigenvalue weighted by Gasteiger charge is 2.33. The van der Waals surface area contributed by atoms with Crippen LogP contribution in [0.4, 0.5) is 8.78 Å². The zero-order valence-electron chi connectivity index (χ0n) is 10.1. The zero-order valence-corrected chi connectivity index (χ0v) is 10.1. The lowest BCUT2D eigenvalue weighted by atomic mass is 9.85. The fraction of sp³-hybridized carbons (Fsp3) is 0.357. The fourth-order valence-corrected chi connectivity index (χ4v) is 3.00. The van der Waals surface area contributed by atoms with Crippen molar-refractivity contribution in [2.45, 2.75) is 25.2 Å². The number of fused-ring (bicyclic) bond motifs is 1. The van der Waals surface area contributed by atoms with E-state index >= 15 is 0 Å². The minimum absolute atomic E-state index is 0.0400. The van der Waals surface area contributed by atoms with E-state index in [1.54, 1.807) is 6.07 Å². The number of aromatic amines is 1. The van der Waals surface area contributed by atoms with Crippen molar-refractivity contribution in [2.75, 3.05) is 0 Å². The first-order chi connectivity index (χ1) is 9.06. The predicted octanol–water partition coefficient (Wildman–Crippen LogP) is 3.47. The number of aromatic nitrogens is 1. The molecule has 0 bridgehead atoms. The molecule has 1 aromatic rings. The van der Waals surface area contributed by atoms with Crippen LogP contribution in [0.2, 0.25) is 0 Å². The number of aromatic carboxylic acids is 1. The number of hydrogen-bond acceptors (Lipinski definition) is 1. The van der Waals surface area contributed by atoms with Gasteiger partial charge in [-0.2, -0.15) is 0 Å². The summed E-state index contributed by atoms with van der Waals surface area (Å²) in [6.07, 6.45) is 4.65. The lowest BCUT2D eigenvalue weighted by molar-refractivity contribution is 0.0691. The van der Waals surface area contributed by atoms with Crippen LogP contribution in [0.5, 0.6) is 0 Å². The molecule has 3 nitrogen and oxygen atoms in total. The zero-order chi connectivity index (χ0) is 13.6. The summed E-state index contributed by atoms with van der Waals surface area (Å²) in [6, 6.07) is 1.64. The Balaban J connectivity index is 1.89. The number of rotatable bonds is 2. The summed E-state index contributed by atoms with van der Waals surface area (Å²) in [7, 11) is 0. The minimum Gasteiger partial charge on any atom is -0.477 e. The van der Waals surface area contributed by atoms with E-state index in [0.29, 0.717) is 6.42 Å². The Morgan fingerprint density at radius 2 is 2.16 bits per heavy atom. The van der Waals surface area contributed by atoms with Crippen molar-refractivity contribution < 1.29 is 18.7 Å². The molecular formula is C14H13F2NO2. The van der Waals surface area contributed by atoms with Crippen molar-refractivity contribution in [3.63, 3.8) is 0 Å². The first kappa shape index (κ1) is 12.1. The Kier molecular flexibility index (Phi) is 2.77. The standard InChI is InChI=1S/C14H13F2NO2/c15-10-4-2-7(5-11(10)16)9-3-1-8-6-12(14(18)19)17-13(8)9/h4-7,9,17H,1-3H2,(H,18,19). The SMILES string of the molecule is O=C(O)c1cc2c([nH]1)C(C1C=C(F)C(F)=CC1)CC2. The van der Waals surface area contributed by atoms with Gasteiger partial charge in [-0.15, -0.1) is 0 Å². The third-order valence-corrected chi connectivity index (χ3v) is 3.93. The molecule has 0 aliphatic heterocycles. The molecule has 0 saturated heterocycles. The first-order valence-electron chi connectivity index (χ1n) is 6.24. The van der Waals surface area contributed by atoms with Crippen LogP contribution in [0.15, 0.2) is 29.9 Å². The van der Waals surface area contributed by atoms with Gasteiger partial charge in [0.25, 0.3) is 0 Å². The highest BCUT2D eigenvalue weighted by molar-refractivity contribution is 5.86. The van der Waals surface area contributed by atoms with Crippen molar-refractivity contribution in [1.82, 2.24) is 4.98 Å². The summed E-state index contributed by atoms with van der Waals surface area (Å²) in [5, 5.41) is 8.95. The van der Waals surface area contributed by atoms with Gasteiger partial charge in [-0.25, -0.2) is 13.6 Å². The monoisotopic (exact) mass is 265 g/mol. The Morgan fingerprint density at radius 1 is 1.37 bits per heavy atom. The highest BCUT2D eigenvalue weighted by atomic mass is 19.2. The Bertz CT molecular complexity index is 601. The maximum absolute atomic E-state index is 13.3. The summed E-state index contributed by atoms with van der Waals surface area (Å²) in [5.41, 5.74) is 2.00. The molecule has 3 rings (SSSR count). The van der Waals surface area contributed by atoms with E-state index in [0.717, 1.165) is 24.1 Å². The molecule has 2 aliphatic rings. The van der Waals surface area contributed by atoms with Crippen LogP contribution >= 0.6 is 0 Å². The number of halogens is 2. The van der Waals surface area contributed by atoms with Crippen LogP contribution in [0.3, 0.4) is 0 Å². The van der Waals surface area contributed by atoms with Gasteiger partial charge in [-0.3, -0.25) is 0 Å². The van der Waals surface area contributed by atoms with Crippen LogP contribution in [0, 0.1) is 5.92 Å². The van der Waals surface area contributed by atoms with Crippen molar-refractivity contribution >= 4 is 5.97 Å². The molecule has 0 spiro atoms. The fourth-order valence-electron chi connectivity index (χ4n) is 3.00. The number of aryl methyl sites for hydroxylation is 1. The van der Waals surface area contributed by atoms with E-state index in [2.05, 4.69) is 4.98 Å². The lowest BCUT2D eigenvalue weighted by Gasteiger charge is -2.21. The summed E-state index contributed by atoms with van der Waals surface area (Å²) in [4.78, 5) is 13.8. The molecule has 1 aromatic heterocycles. The van der Waals surface area contributed by atoms with Crippen LogP contribution in [0.25, 0.3) is 0 Å². The molecule has 100 valence electrons. The molecule has 0 fully saturated rings. The third kappa shape index (κ3) is 1.99. The molecule has 2 unspecified atom stereocenters. The molecule has 1 heterocycles. The largest absolute Gasteiger partial charge is 0.477 e. The van der Waals surface area contributed by atoms with Crippen molar-refractivity contribution in [2.24, 2.45) is 5.92 Å². The maximum atomic E-state index is 13.3. The van der Waals surface area contributed by atoms with Crippen LogP contribution in [0.1, 0.15) is 40.5 Å². The smallest absolute Gasteiger partial charge is 0.352 e. The molecule has 19 heavy (non-hydrogen) atoms. The van der Waals surface area contributed by atoms with Crippen LogP contribution in [-0.4, -0.2) is 16.1 Å². The molecular weight excluding hydrogens is 252 g/mol. The van der Waals surface area contributed by atoms with E-state index in [1.165, 1.54) is 12.2 Å². The number of carbonyl (C=O) groups is 1. The second-order valence-electron chi connectivity index (χ2n) is 5.04. The van der Waals surface area contributed by atoms with E-state index in [1.807, 2.05) is 0 Å². The quantitative estimate of drug-likeness (QED) is 0.860. The van der Waals surface area contributed by atoms with Gasteiger partial charge in [-0.1, -0.05) is 0 Å². The molecule has 2 atom stereocenters. The van der Waals surface area contributed by atoms with E-state index in [9.17, 15) is 13.6 Å². The third-order valence-electron chi connectivity index (χ3n) is 3.93. The Labute approximate surface area is 108 Å². The Morgan fingerprint density at radius 3 is 2.84 bits per heavy atom. The van der Waals surface area contributed by atoms with Gasteiger partial charge < -0.3 is 10.1 Å². The van der Waals surface area contributed by atoms with E-state index in [-0.39, 0.29) is 17.5 Å². The molecule has 0 radical (unpaired) electrons. The molecule has 0 saturated carbocycles. The van der Waals surface area contributed by atoms with E-state index in [4.69, 9.17) is 5.11 Å². The van der Waals surface area contributed by atoms with Crippen molar-refractivity contribution in [3.8, 4) is 0 Å². The summed E-state index contributed by atoms with van der Waals surface area (Å²) >= 11 is 0. The van der Waals surface area contributed by atoms with Gasteiger partial charge in [0.1, 0.15) is 5.69 Å². The average molecular weight is 265 g/mol. The molecule has 0 amide bonds.